The first-order chi connectivity index (χ1) is 10.6. The molecule has 1 fully saturated rings. The zero-order valence-electron chi connectivity index (χ0n) is 14.5. The maximum absolute atomic E-state index is 4.70. The Bertz CT molecular complexity index is 460. The molecule has 0 atom stereocenters. The van der Waals surface area contributed by atoms with Crippen molar-refractivity contribution in [3.05, 3.63) is 35.4 Å². The molecule has 0 bridgehead atoms. The zero-order valence-corrected chi connectivity index (χ0v) is 14.5. The molecule has 22 heavy (non-hydrogen) atoms. The van der Waals surface area contributed by atoms with Crippen LogP contribution in [0.5, 0.6) is 0 Å². The number of hydrogen-bond donors (Lipinski definition) is 0. The van der Waals surface area contributed by atoms with Crippen molar-refractivity contribution >= 4 is 5.96 Å². The Morgan fingerprint density at radius 2 is 1.45 bits per heavy atom. The van der Waals surface area contributed by atoms with E-state index in [1.54, 1.807) is 0 Å². The topological polar surface area (TPSA) is 22.1 Å². The van der Waals surface area contributed by atoms with Gasteiger partial charge in [-0.25, -0.2) is 4.99 Å². The summed E-state index contributed by atoms with van der Waals surface area (Å²) in [5.41, 5.74) is 2.68. The lowest BCUT2D eigenvalue weighted by Crippen LogP contribution is -2.35. The molecule has 0 aliphatic carbocycles. The van der Waals surface area contributed by atoms with Crippen LogP contribution in [0.1, 0.15) is 30.4 Å². The minimum Gasteiger partial charge on any atom is -0.349 e. The number of likely N-dealkylation sites (tertiary alicyclic amines) is 1. The van der Waals surface area contributed by atoms with Crippen molar-refractivity contribution in [1.82, 2.24) is 14.7 Å². The Morgan fingerprint density at radius 3 is 2.00 bits per heavy atom. The van der Waals surface area contributed by atoms with Crippen molar-refractivity contribution in [3.63, 3.8) is 0 Å². The van der Waals surface area contributed by atoms with Crippen LogP contribution in [-0.4, -0.2) is 61.9 Å². The van der Waals surface area contributed by atoms with Gasteiger partial charge in [0, 0.05) is 34.7 Å². The minimum absolute atomic E-state index is 0.732. The lowest BCUT2D eigenvalue weighted by molar-refractivity contribution is 0.221. The van der Waals surface area contributed by atoms with E-state index in [0.29, 0.717) is 0 Å². The lowest BCUT2D eigenvalue weighted by atomic mass is 10.1. The monoisotopic (exact) mass is 302 g/mol. The van der Waals surface area contributed by atoms with Crippen molar-refractivity contribution in [1.29, 1.82) is 0 Å². The molecule has 0 N–H and O–H groups in total. The Hall–Kier alpha value is -1.55. The molecule has 0 spiro atoms. The molecular weight excluding hydrogens is 272 g/mol. The van der Waals surface area contributed by atoms with Gasteiger partial charge in [0.25, 0.3) is 0 Å². The Morgan fingerprint density at radius 1 is 0.909 bits per heavy atom. The summed E-state index contributed by atoms with van der Waals surface area (Å²) < 4.78 is 0. The van der Waals surface area contributed by atoms with Crippen molar-refractivity contribution in [3.8, 4) is 0 Å². The summed E-state index contributed by atoms with van der Waals surface area (Å²) in [5, 5.41) is 0. The first kappa shape index (κ1) is 16.8. The highest BCUT2D eigenvalue weighted by molar-refractivity contribution is 5.79. The number of benzene rings is 1. The summed E-state index contributed by atoms with van der Waals surface area (Å²) in [6, 6.07) is 8.94. The average molecular weight is 302 g/mol. The molecule has 1 aliphatic rings. The van der Waals surface area contributed by atoms with Crippen LogP contribution in [0, 0.1) is 0 Å². The molecule has 1 heterocycles. The predicted octanol–water partition coefficient (Wildman–Crippen LogP) is 2.65. The van der Waals surface area contributed by atoms with Crippen LogP contribution < -0.4 is 0 Å². The lowest BCUT2D eigenvalue weighted by Gasteiger charge is -2.26. The molecule has 1 aliphatic heterocycles. The Labute approximate surface area is 135 Å². The molecule has 4 heteroatoms. The van der Waals surface area contributed by atoms with Gasteiger partial charge in [-0.3, -0.25) is 4.90 Å². The van der Waals surface area contributed by atoms with Crippen LogP contribution in [-0.2, 0) is 13.1 Å². The van der Waals surface area contributed by atoms with Gasteiger partial charge in [-0.15, -0.1) is 0 Å². The maximum Gasteiger partial charge on any atom is 0.195 e. The summed E-state index contributed by atoms with van der Waals surface area (Å²) in [7, 11) is 8.11. The van der Waals surface area contributed by atoms with Crippen LogP contribution in [0.2, 0.25) is 0 Å². The van der Waals surface area contributed by atoms with E-state index in [1.807, 2.05) is 38.0 Å². The molecular formula is C18H30N4. The summed E-state index contributed by atoms with van der Waals surface area (Å²) in [6.45, 7) is 4.32. The first-order valence-electron chi connectivity index (χ1n) is 8.25. The zero-order chi connectivity index (χ0) is 15.9. The summed E-state index contributed by atoms with van der Waals surface area (Å²) in [6.07, 6.45) is 4.10. The van der Waals surface area contributed by atoms with Gasteiger partial charge in [0.2, 0.25) is 0 Å². The first-order valence-corrected chi connectivity index (χ1v) is 8.25. The molecule has 1 aromatic carbocycles. The standard InChI is InChI=1S/C18H30N4/c1-20(2)18(21(3)4)19-14-16-8-10-17(11-9-16)15-22-12-6-5-7-13-22/h8-11H,5-7,12-15H2,1-4H3. The normalized spacial score (nSPS) is 15.5. The van der Waals surface area contributed by atoms with Crippen LogP contribution in [0.15, 0.2) is 29.3 Å². The van der Waals surface area contributed by atoms with E-state index in [-0.39, 0.29) is 0 Å². The van der Waals surface area contributed by atoms with Gasteiger partial charge >= 0.3 is 0 Å². The summed E-state index contributed by atoms with van der Waals surface area (Å²) >= 11 is 0. The minimum atomic E-state index is 0.732. The highest BCUT2D eigenvalue weighted by Crippen LogP contribution is 2.14. The molecule has 4 nitrogen and oxygen atoms in total. The largest absolute Gasteiger partial charge is 0.349 e. The van der Waals surface area contributed by atoms with Crippen LogP contribution >= 0.6 is 0 Å². The highest BCUT2D eigenvalue weighted by atomic mass is 15.3. The van der Waals surface area contributed by atoms with Crippen LogP contribution in [0.3, 0.4) is 0 Å². The number of guanidine groups is 1. The third-order valence-corrected chi connectivity index (χ3v) is 4.08. The van der Waals surface area contributed by atoms with Crippen molar-refractivity contribution in [2.75, 3.05) is 41.3 Å². The molecule has 122 valence electrons. The van der Waals surface area contributed by atoms with Crippen molar-refractivity contribution in [2.45, 2.75) is 32.4 Å². The van der Waals surface area contributed by atoms with Crippen molar-refractivity contribution in [2.24, 2.45) is 4.99 Å². The van der Waals surface area contributed by atoms with Crippen LogP contribution in [0.25, 0.3) is 0 Å². The van der Waals surface area contributed by atoms with Gasteiger partial charge in [0.1, 0.15) is 0 Å². The van der Waals surface area contributed by atoms with Crippen molar-refractivity contribution < 1.29 is 0 Å². The molecule has 1 saturated heterocycles. The molecule has 0 unspecified atom stereocenters. The summed E-state index contributed by atoms with van der Waals surface area (Å²) in [5.74, 6) is 0.998. The van der Waals surface area contributed by atoms with E-state index in [0.717, 1.165) is 19.0 Å². The fraction of sp³-hybridized carbons (Fsp3) is 0.611. The third-order valence-electron chi connectivity index (χ3n) is 4.08. The number of rotatable bonds is 4. The average Bonchev–Trinajstić information content (AvgIpc) is 2.49. The van der Waals surface area contributed by atoms with Crippen LogP contribution in [0.4, 0.5) is 0 Å². The van der Waals surface area contributed by atoms with E-state index in [4.69, 9.17) is 4.99 Å². The van der Waals surface area contributed by atoms with E-state index in [1.165, 1.54) is 43.5 Å². The smallest absolute Gasteiger partial charge is 0.195 e. The van der Waals surface area contributed by atoms with E-state index in [9.17, 15) is 0 Å². The molecule has 0 amide bonds. The Kier molecular flexibility index (Phi) is 6.25. The van der Waals surface area contributed by atoms with Gasteiger partial charge in [-0.1, -0.05) is 30.7 Å². The quantitative estimate of drug-likeness (QED) is 0.630. The van der Waals surface area contributed by atoms with Gasteiger partial charge < -0.3 is 9.80 Å². The molecule has 2 rings (SSSR count). The second-order valence-electron chi connectivity index (χ2n) is 6.56. The summed E-state index contributed by atoms with van der Waals surface area (Å²) in [4.78, 5) is 11.4. The number of aliphatic imine (C=N–C) groups is 1. The maximum atomic E-state index is 4.70. The fourth-order valence-electron chi connectivity index (χ4n) is 2.97. The highest BCUT2D eigenvalue weighted by Gasteiger charge is 2.10. The molecule has 0 radical (unpaired) electrons. The SMILES string of the molecule is CN(C)C(=NCc1ccc(CN2CCCCC2)cc1)N(C)C. The second-order valence-corrected chi connectivity index (χ2v) is 6.56. The van der Waals surface area contributed by atoms with Gasteiger partial charge in [0.05, 0.1) is 6.54 Å². The Balaban J connectivity index is 1.92. The van der Waals surface area contributed by atoms with E-state index in [2.05, 4.69) is 29.2 Å². The van der Waals surface area contributed by atoms with Gasteiger partial charge in [-0.05, 0) is 37.1 Å². The molecule has 0 saturated carbocycles. The van der Waals surface area contributed by atoms with E-state index >= 15 is 0 Å². The third kappa shape index (κ3) is 5.02. The number of nitrogens with zero attached hydrogens (tertiary/aromatic N) is 4. The second kappa shape index (κ2) is 8.18. The van der Waals surface area contributed by atoms with Gasteiger partial charge in [0.15, 0.2) is 5.96 Å². The predicted molar refractivity (Wildman–Crippen MR) is 94.1 cm³/mol. The number of hydrogen-bond acceptors (Lipinski definition) is 2. The van der Waals surface area contributed by atoms with Gasteiger partial charge in [-0.2, -0.15) is 0 Å². The number of piperidine rings is 1. The molecule has 0 aromatic heterocycles. The fourth-order valence-corrected chi connectivity index (χ4v) is 2.97. The van der Waals surface area contributed by atoms with E-state index < -0.39 is 0 Å². The molecule has 1 aromatic rings.